The van der Waals surface area contributed by atoms with Gasteiger partial charge in [0, 0.05) is 5.02 Å². The molecule has 0 radical (unpaired) electrons. The van der Waals surface area contributed by atoms with Gasteiger partial charge in [-0.05, 0) is 42.9 Å². The minimum Gasteiger partial charge on any atom is -0.393 e. The number of fused-ring (bicyclic) bond motifs is 5. The molecule has 0 aromatic heterocycles. The standard InChI is InChI=1S/C15H13Cl2NO3/c16-7-1-2-10(9(17)5-7)18-14(20)12-6-3-8(11(19)4-6)13(12)15(18)21/h1-2,5-6,8,11-13,19H,3-4H2. The number of aliphatic hydroxyl groups is 1. The lowest BCUT2D eigenvalue weighted by atomic mass is 9.80. The third kappa shape index (κ3) is 1.73. The molecule has 2 saturated carbocycles. The molecule has 5 atom stereocenters. The maximum Gasteiger partial charge on any atom is 0.238 e. The molecule has 2 amide bonds. The van der Waals surface area contributed by atoms with Gasteiger partial charge in [0.2, 0.25) is 11.8 Å². The predicted molar refractivity (Wildman–Crippen MR) is 78.2 cm³/mol. The van der Waals surface area contributed by atoms with Crippen LogP contribution in [0.5, 0.6) is 0 Å². The highest BCUT2D eigenvalue weighted by atomic mass is 35.5. The Morgan fingerprint density at radius 2 is 1.81 bits per heavy atom. The second-order valence-corrected chi connectivity index (χ2v) is 6.97. The van der Waals surface area contributed by atoms with Crippen LogP contribution in [0.4, 0.5) is 5.69 Å². The Morgan fingerprint density at radius 3 is 2.52 bits per heavy atom. The first-order chi connectivity index (χ1) is 9.99. The molecular weight excluding hydrogens is 313 g/mol. The van der Waals surface area contributed by atoms with Crippen molar-refractivity contribution in [3.63, 3.8) is 0 Å². The molecule has 1 heterocycles. The minimum atomic E-state index is -0.464. The van der Waals surface area contributed by atoms with Crippen molar-refractivity contribution in [1.82, 2.24) is 0 Å². The molecule has 1 saturated heterocycles. The van der Waals surface area contributed by atoms with Gasteiger partial charge in [0.25, 0.3) is 0 Å². The maximum absolute atomic E-state index is 12.7. The van der Waals surface area contributed by atoms with Crippen LogP contribution in [0.1, 0.15) is 12.8 Å². The smallest absolute Gasteiger partial charge is 0.238 e. The predicted octanol–water partition coefficient (Wildman–Crippen LogP) is 2.50. The van der Waals surface area contributed by atoms with E-state index in [1.54, 1.807) is 12.1 Å². The van der Waals surface area contributed by atoms with Crippen LogP contribution in [0.25, 0.3) is 0 Å². The molecule has 3 aliphatic rings. The number of halogens is 2. The number of carbonyl (C=O) groups is 2. The number of anilines is 1. The average molecular weight is 326 g/mol. The van der Waals surface area contributed by atoms with E-state index < -0.39 is 12.0 Å². The second-order valence-electron chi connectivity index (χ2n) is 6.12. The quantitative estimate of drug-likeness (QED) is 0.807. The third-order valence-corrected chi connectivity index (χ3v) is 5.67. The van der Waals surface area contributed by atoms with Crippen LogP contribution in [-0.4, -0.2) is 23.0 Å². The summed E-state index contributed by atoms with van der Waals surface area (Å²) in [4.78, 5) is 26.5. The van der Waals surface area contributed by atoms with E-state index in [0.29, 0.717) is 17.1 Å². The number of benzene rings is 1. The van der Waals surface area contributed by atoms with Gasteiger partial charge in [0.05, 0.1) is 28.6 Å². The fraction of sp³-hybridized carbons (Fsp3) is 0.467. The summed E-state index contributed by atoms with van der Waals surface area (Å²) in [6.07, 6.45) is 0.928. The van der Waals surface area contributed by atoms with Crippen LogP contribution >= 0.6 is 23.2 Å². The molecule has 1 aromatic rings. The molecule has 5 unspecified atom stereocenters. The van der Waals surface area contributed by atoms with E-state index in [1.165, 1.54) is 11.0 Å². The van der Waals surface area contributed by atoms with E-state index in [1.807, 2.05) is 0 Å². The molecule has 3 fully saturated rings. The Balaban J connectivity index is 1.76. The Labute approximate surface area is 131 Å². The lowest BCUT2D eigenvalue weighted by Crippen LogP contribution is -2.34. The first-order valence-corrected chi connectivity index (χ1v) is 7.75. The third-order valence-electron chi connectivity index (χ3n) is 5.13. The highest BCUT2D eigenvalue weighted by molar-refractivity contribution is 6.38. The van der Waals surface area contributed by atoms with Crippen molar-refractivity contribution in [2.24, 2.45) is 23.7 Å². The maximum atomic E-state index is 12.7. The van der Waals surface area contributed by atoms with Crippen LogP contribution in [0.2, 0.25) is 10.0 Å². The highest BCUT2D eigenvalue weighted by Crippen LogP contribution is 2.57. The Kier molecular flexibility index (Phi) is 2.87. The fourth-order valence-electron chi connectivity index (χ4n) is 4.33. The summed E-state index contributed by atoms with van der Waals surface area (Å²) in [7, 11) is 0. The molecule has 1 N–H and O–H groups in total. The van der Waals surface area contributed by atoms with Crippen molar-refractivity contribution in [1.29, 1.82) is 0 Å². The van der Waals surface area contributed by atoms with E-state index in [2.05, 4.69) is 0 Å². The Bertz CT molecular complexity index is 662. The zero-order valence-corrected chi connectivity index (χ0v) is 12.5. The van der Waals surface area contributed by atoms with E-state index in [9.17, 15) is 14.7 Å². The summed E-state index contributed by atoms with van der Waals surface area (Å²) < 4.78 is 0. The van der Waals surface area contributed by atoms with Gasteiger partial charge in [-0.1, -0.05) is 23.2 Å². The summed E-state index contributed by atoms with van der Waals surface area (Å²) in [5.74, 6) is -1.08. The number of nitrogens with zero attached hydrogens (tertiary/aromatic N) is 1. The van der Waals surface area contributed by atoms with E-state index in [4.69, 9.17) is 23.2 Å². The van der Waals surface area contributed by atoms with Crippen LogP contribution in [0.3, 0.4) is 0 Å². The topological polar surface area (TPSA) is 57.6 Å². The Hall–Kier alpha value is -1.10. The molecule has 2 bridgehead atoms. The Morgan fingerprint density at radius 1 is 1.10 bits per heavy atom. The van der Waals surface area contributed by atoms with E-state index in [0.717, 1.165) is 6.42 Å². The summed E-state index contributed by atoms with van der Waals surface area (Å²) in [5, 5.41) is 10.7. The van der Waals surface area contributed by atoms with Crippen molar-refractivity contribution in [2.75, 3.05) is 4.90 Å². The van der Waals surface area contributed by atoms with Gasteiger partial charge in [0.15, 0.2) is 0 Å². The van der Waals surface area contributed by atoms with Crippen molar-refractivity contribution in [2.45, 2.75) is 18.9 Å². The first kappa shape index (κ1) is 13.6. The molecular formula is C15H13Cl2NO3. The largest absolute Gasteiger partial charge is 0.393 e. The summed E-state index contributed by atoms with van der Waals surface area (Å²) >= 11 is 12.0. The number of hydrogen-bond donors (Lipinski definition) is 1. The van der Waals surface area contributed by atoms with Gasteiger partial charge in [-0.2, -0.15) is 0 Å². The molecule has 1 aromatic carbocycles. The van der Waals surface area contributed by atoms with Crippen molar-refractivity contribution < 1.29 is 14.7 Å². The minimum absolute atomic E-state index is 0.0903. The van der Waals surface area contributed by atoms with Gasteiger partial charge in [-0.15, -0.1) is 0 Å². The molecule has 4 rings (SSSR count). The number of rotatable bonds is 1. The lowest BCUT2D eigenvalue weighted by Gasteiger charge is -2.24. The van der Waals surface area contributed by atoms with Crippen molar-refractivity contribution in [3.8, 4) is 0 Å². The van der Waals surface area contributed by atoms with Crippen molar-refractivity contribution in [3.05, 3.63) is 28.2 Å². The van der Waals surface area contributed by atoms with E-state index in [-0.39, 0.29) is 34.6 Å². The number of imide groups is 1. The molecule has 2 aliphatic carbocycles. The van der Waals surface area contributed by atoms with Gasteiger partial charge in [-0.3, -0.25) is 9.59 Å². The van der Waals surface area contributed by atoms with E-state index >= 15 is 0 Å². The monoisotopic (exact) mass is 325 g/mol. The first-order valence-electron chi connectivity index (χ1n) is 7.00. The average Bonchev–Trinajstić information content (AvgIpc) is 3.03. The summed E-state index contributed by atoms with van der Waals surface area (Å²) in [6.45, 7) is 0. The number of aliphatic hydroxyl groups excluding tert-OH is 1. The molecule has 4 nitrogen and oxygen atoms in total. The van der Waals surface area contributed by atoms with Gasteiger partial charge >= 0.3 is 0 Å². The highest BCUT2D eigenvalue weighted by Gasteiger charge is 2.64. The number of carbonyl (C=O) groups excluding carboxylic acids is 2. The van der Waals surface area contributed by atoms with Crippen LogP contribution in [0, 0.1) is 23.7 Å². The normalized spacial score (nSPS) is 37.5. The second kappa shape index (κ2) is 4.45. The lowest BCUT2D eigenvalue weighted by molar-refractivity contribution is -0.123. The van der Waals surface area contributed by atoms with Gasteiger partial charge in [-0.25, -0.2) is 4.90 Å². The summed E-state index contributed by atoms with van der Waals surface area (Å²) in [6, 6.07) is 4.73. The van der Waals surface area contributed by atoms with Gasteiger partial charge in [0.1, 0.15) is 0 Å². The SMILES string of the molecule is O=C1C2C3CC(O)C(C3)C2C(=O)N1c1ccc(Cl)cc1Cl. The van der Waals surface area contributed by atoms with Crippen LogP contribution < -0.4 is 4.90 Å². The molecule has 1 aliphatic heterocycles. The van der Waals surface area contributed by atoms with Crippen molar-refractivity contribution >= 4 is 40.7 Å². The zero-order valence-electron chi connectivity index (χ0n) is 11.0. The fourth-order valence-corrected chi connectivity index (χ4v) is 4.82. The molecule has 0 spiro atoms. The molecule has 110 valence electrons. The number of amides is 2. The van der Waals surface area contributed by atoms with Gasteiger partial charge < -0.3 is 5.11 Å². The number of hydrogen-bond acceptors (Lipinski definition) is 3. The molecule has 21 heavy (non-hydrogen) atoms. The summed E-state index contributed by atoms with van der Waals surface area (Å²) in [5.41, 5.74) is 0.388. The van der Waals surface area contributed by atoms with Crippen LogP contribution in [0.15, 0.2) is 18.2 Å². The molecule has 6 heteroatoms. The zero-order chi connectivity index (χ0) is 14.9. The van der Waals surface area contributed by atoms with Crippen LogP contribution in [-0.2, 0) is 9.59 Å².